The van der Waals surface area contributed by atoms with Gasteiger partial charge in [0.2, 0.25) is 0 Å². The Morgan fingerprint density at radius 2 is 1.80 bits per heavy atom. The molecule has 0 bridgehead atoms. The van der Waals surface area contributed by atoms with Crippen LogP contribution in [0.1, 0.15) is 46.3 Å². The Morgan fingerprint density at radius 3 is 2.54 bits per heavy atom. The van der Waals surface area contributed by atoms with Gasteiger partial charge in [0.25, 0.3) is 5.91 Å². The average Bonchev–Trinajstić information content (AvgIpc) is 3.48. The van der Waals surface area contributed by atoms with E-state index < -0.39 is 0 Å². The molecule has 2 aliphatic rings. The second-order valence-electron chi connectivity index (χ2n) is 11.2. The largest absolute Gasteiger partial charge is 0.490 e. The second kappa shape index (κ2) is 13.6. The molecule has 0 spiro atoms. The normalized spacial score (nSPS) is 19.5. The van der Waals surface area contributed by atoms with E-state index in [2.05, 4.69) is 53.2 Å². The minimum atomic E-state index is -0.255. The summed E-state index contributed by atoms with van der Waals surface area (Å²) in [5.74, 6) is 8.93. The summed E-state index contributed by atoms with van der Waals surface area (Å²) < 4.78 is 19.4. The molecular weight excluding hydrogens is 533 g/mol. The van der Waals surface area contributed by atoms with Crippen molar-refractivity contribution < 1.29 is 13.9 Å². The van der Waals surface area contributed by atoms with Crippen LogP contribution in [0, 0.1) is 17.7 Å². The lowest BCUT2D eigenvalue weighted by atomic mass is 9.97. The molecule has 2 saturated heterocycles. The lowest BCUT2D eigenvalue weighted by Gasteiger charge is -2.35. The van der Waals surface area contributed by atoms with Gasteiger partial charge >= 0.3 is 0 Å². The summed E-state index contributed by atoms with van der Waals surface area (Å²) in [6.45, 7) is 3.41. The Bertz CT molecular complexity index is 1380. The standard InChI is InChI=1S/C34H38FN3O2S/c1-37(2)34(17-20-41-25-34)24-36-33(39)29-7-4-8-32(22-29)40-31-15-18-38(19-16-31)23-28-6-3-5-27(21-28)10-9-26-11-13-30(35)14-12-26/h3-8,11-14,21-22,31H,15-20,23-25H2,1-2H3,(H,36,39). The first-order chi connectivity index (χ1) is 19.9. The Balaban J connectivity index is 1.10. The quantitative estimate of drug-likeness (QED) is 0.365. The van der Waals surface area contributed by atoms with Gasteiger partial charge in [-0.15, -0.1) is 0 Å². The zero-order chi connectivity index (χ0) is 28.7. The van der Waals surface area contributed by atoms with E-state index in [1.54, 1.807) is 12.1 Å². The number of carbonyl (C=O) groups is 1. The zero-order valence-electron chi connectivity index (χ0n) is 23.9. The van der Waals surface area contributed by atoms with Gasteiger partial charge in [0.05, 0.1) is 0 Å². The Morgan fingerprint density at radius 1 is 1.05 bits per heavy atom. The first-order valence-corrected chi connectivity index (χ1v) is 15.4. The fourth-order valence-electron chi connectivity index (χ4n) is 5.37. The van der Waals surface area contributed by atoms with Crippen LogP contribution in [0.15, 0.2) is 72.8 Å². The Labute approximate surface area is 247 Å². The number of carbonyl (C=O) groups excluding carboxylic acids is 1. The zero-order valence-corrected chi connectivity index (χ0v) is 24.7. The highest BCUT2D eigenvalue weighted by Crippen LogP contribution is 2.31. The van der Waals surface area contributed by atoms with Gasteiger partial charge in [0.1, 0.15) is 17.7 Å². The van der Waals surface area contributed by atoms with Crippen LogP contribution in [0.4, 0.5) is 4.39 Å². The molecule has 1 unspecified atom stereocenters. The number of ether oxygens (including phenoxy) is 1. The molecule has 41 heavy (non-hydrogen) atoms. The number of amides is 1. The Kier molecular flexibility index (Phi) is 9.66. The van der Waals surface area contributed by atoms with E-state index in [0.29, 0.717) is 12.1 Å². The van der Waals surface area contributed by atoms with Crippen molar-refractivity contribution in [1.82, 2.24) is 15.1 Å². The molecular formula is C34H38FN3O2S. The van der Waals surface area contributed by atoms with E-state index in [1.165, 1.54) is 17.7 Å². The summed E-state index contributed by atoms with van der Waals surface area (Å²) >= 11 is 1.95. The molecule has 3 aromatic rings. The van der Waals surface area contributed by atoms with Crippen LogP contribution in [-0.4, -0.2) is 72.6 Å². The summed E-state index contributed by atoms with van der Waals surface area (Å²) in [4.78, 5) is 17.6. The van der Waals surface area contributed by atoms with E-state index in [1.807, 2.05) is 48.2 Å². The molecule has 5 nitrogen and oxygen atoms in total. The molecule has 1 atom stereocenters. The van der Waals surface area contributed by atoms with Crippen molar-refractivity contribution in [1.29, 1.82) is 0 Å². The molecule has 0 aromatic heterocycles. The molecule has 1 amide bonds. The third-order valence-corrected chi connectivity index (χ3v) is 9.31. The fourth-order valence-corrected chi connectivity index (χ4v) is 6.92. The van der Waals surface area contributed by atoms with Crippen LogP contribution in [0.5, 0.6) is 5.75 Å². The molecule has 5 rings (SSSR count). The number of rotatable bonds is 8. The van der Waals surface area contributed by atoms with Crippen LogP contribution >= 0.6 is 11.8 Å². The number of halogens is 1. The molecule has 0 saturated carbocycles. The maximum atomic E-state index is 13.1. The van der Waals surface area contributed by atoms with Crippen molar-refractivity contribution in [2.45, 2.75) is 37.5 Å². The number of nitrogens with one attached hydrogen (secondary N) is 1. The lowest BCUT2D eigenvalue weighted by Crippen LogP contribution is -2.53. The number of hydrogen-bond donors (Lipinski definition) is 1. The molecule has 7 heteroatoms. The van der Waals surface area contributed by atoms with Gasteiger partial charge in [-0.05, 0) is 99.3 Å². The summed E-state index contributed by atoms with van der Waals surface area (Å²) in [5.41, 5.74) is 3.64. The minimum absolute atomic E-state index is 0.0289. The van der Waals surface area contributed by atoms with Crippen LogP contribution in [-0.2, 0) is 6.54 Å². The number of nitrogens with zero attached hydrogens (tertiary/aromatic N) is 2. The molecule has 2 aliphatic heterocycles. The predicted molar refractivity (Wildman–Crippen MR) is 165 cm³/mol. The minimum Gasteiger partial charge on any atom is -0.490 e. The monoisotopic (exact) mass is 571 g/mol. The second-order valence-corrected chi connectivity index (χ2v) is 12.3. The van der Waals surface area contributed by atoms with Gasteiger partial charge in [-0.2, -0.15) is 11.8 Å². The summed E-state index contributed by atoms with van der Waals surface area (Å²) in [6, 6.07) is 22.1. The number of piperidine rings is 1. The molecule has 214 valence electrons. The van der Waals surface area contributed by atoms with Crippen molar-refractivity contribution >= 4 is 17.7 Å². The number of thioether (sulfide) groups is 1. The van der Waals surface area contributed by atoms with Crippen LogP contribution in [0.25, 0.3) is 0 Å². The number of hydrogen-bond acceptors (Lipinski definition) is 5. The fraction of sp³-hybridized carbons (Fsp3) is 0.382. The van der Waals surface area contributed by atoms with E-state index in [9.17, 15) is 9.18 Å². The number of likely N-dealkylation sites (tertiary alicyclic amines) is 1. The van der Waals surface area contributed by atoms with Gasteiger partial charge < -0.3 is 15.0 Å². The van der Waals surface area contributed by atoms with Crippen molar-refractivity contribution in [3.05, 3.63) is 101 Å². The Hall–Kier alpha value is -3.31. The summed E-state index contributed by atoms with van der Waals surface area (Å²) in [7, 11) is 4.20. The summed E-state index contributed by atoms with van der Waals surface area (Å²) in [5, 5.41) is 3.17. The van der Waals surface area contributed by atoms with Crippen LogP contribution in [0.2, 0.25) is 0 Å². The SMILES string of the molecule is CN(C)C1(CNC(=O)c2cccc(OC3CCN(Cc4cccc(C#Cc5ccc(F)cc5)c4)CC3)c2)CCSC1. The summed E-state index contributed by atoms with van der Waals surface area (Å²) in [6.07, 6.45) is 3.08. The molecule has 0 radical (unpaired) electrons. The van der Waals surface area contributed by atoms with Gasteiger partial charge in [-0.1, -0.05) is 30.0 Å². The van der Waals surface area contributed by atoms with Gasteiger partial charge in [-0.25, -0.2) is 4.39 Å². The highest BCUT2D eigenvalue weighted by molar-refractivity contribution is 7.99. The van der Waals surface area contributed by atoms with Crippen molar-refractivity contribution in [2.75, 3.05) is 45.2 Å². The first kappa shape index (κ1) is 29.2. The molecule has 3 aromatic carbocycles. The predicted octanol–water partition coefficient (Wildman–Crippen LogP) is 5.44. The highest BCUT2D eigenvalue weighted by atomic mass is 32.2. The van der Waals surface area contributed by atoms with Crippen molar-refractivity contribution in [3.63, 3.8) is 0 Å². The van der Waals surface area contributed by atoms with E-state index in [0.717, 1.165) is 67.3 Å². The van der Waals surface area contributed by atoms with Crippen molar-refractivity contribution in [3.8, 4) is 17.6 Å². The van der Waals surface area contributed by atoms with Gasteiger partial charge in [-0.3, -0.25) is 9.69 Å². The average molecular weight is 572 g/mol. The highest BCUT2D eigenvalue weighted by Gasteiger charge is 2.36. The molecule has 2 fully saturated rings. The number of benzene rings is 3. The molecule has 0 aliphatic carbocycles. The molecule has 2 heterocycles. The maximum absolute atomic E-state index is 13.1. The lowest BCUT2D eigenvalue weighted by molar-refractivity contribution is 0.0905. The van der Waals surface area contributed by atoms with Crippen LogP contribution < -0.4 is 10.1 Å². The molecule has 1 N–H and O–H groups in total. The topological polar surface area (TPSA) is 44.8 Å². The first-order valence-electron chi connectivity index (χ1n) is 14.3. The van der Waals surface area contributed by atoms with E-state index in [4.69, 9.17) is 4.74 Å². The van der Waals surface area contributed by atoms with Gasteiger partial charge in [0, 0.05) is 54.2 Å². The third kappa shape index (κ3) is 7.91. The smallest absolute Gasteiger partial charge is 0.251 e. The third-order valence-electron chi connectivity index (χ3n) is 8.07. The number of likely N-dealkylation sites (N-methyl/N-ethyl adjacent to an activating group) is 1. The van der Waals surface area contributed by atoms with Gasteiger partial charge in [0.15, 0.2) is 0 Å². The van der Waals surface area contributed by atoms with Crippen LogP contribution in [0.3, 0.4) is 0 Å². The van der Waals surface area contributed by atoms with E-state index >= 15 is 0 Å². The van der Waals surface area contributed by atoms with Crippen molar-refractivity contribution in [2.24, 2.45) is 0 Å². The maximum Gasteiger partial charge on any atom is 0.251 e. The van der Waals surface area contributed by atoms with E-state index in [-0.39, 0.29) is 23.4 Å².